The molecule has 40 heavy (non-hydrogen) atoms. The molecule has 0 saturated carbocycles. The second-order valence-electron chi connectivity index (χ2n) is 10.4. The molecule has 0 N–H and O–H groups in total. The first-order chi connectivity index (χ1) is 19.5. The summed E-state index contributed by atoms with van der Waals surface area (Å²) in [6, 6.07) is 1.82. The average Bonchev–Trinajstić information content (AvgIpc) is 2.94. The normalized spacial score (nSPS) is 12.0. The average molecular weight is 609 g/mol. The summed E-state index contributed by atoms with van der Waals surface area (Å²) in [5.41, 5.74) is 0. The number of hydrogen-bond donors (Lipinski definition) is 0. The van der Waals surface area contributed by atoms with Crippen LogP contribution in [0.5, 0.6) is 0 Å². The Morgan fingerprint density at radius 3 is 0.800 bits per heavy atom. The lowest BCUT2D eigenvalue weighted by Crippen LogP contribution is -2.45. The second-order valence-corrected chi connectivity index (χ2v) is 16.0. The zero-order valence-corrected chi connectivity index (χ0v) is 30.4. The predicted molar refractivity (Wildman–Crippen MR) is 176 cm³/mol. The van der Waals surface area contributed by atoms with Crippen molar-refractivity contribution in [2.45, 2.75) is 170 Å². The first kappa shape index (κ1) is 42.3. The molecule has 0 rings (SSSR count). The third-order valence-corrected chi connectivity index (χ3v) is 13.2. The summed E-state index contributed by atoms with van der Waals surface area (Å²) in [6.07, 6.45) is 22.4. The van der Waals surface area contributed by atoms with Crippen molar-refractivity contribution in [3.63, 3.8) is 0 Å². The molecule has 0 saturated heterocycles. The number of unbranched alkanes of at least 4 members (excludes halogenated alkanes) is 15. The van der Waals surface area contributed by atoms with Crippen molar-refractivity contribution in [2.24, 2.45) is 0 Å². The molecule has 0 heterocycles. The zero-order valence-electron chi connectivity index (χ0n) is 28.4. The van der Waals surface area contributed by atoms with E-state index in [9.17, 15) is 0 Å². The highest BCUT2D eigenvalue weighted by Crippen LogP contribution is 2.21. The topological polar surface area (TPSA) is 55.4 Å². The van der Waals surface area contributed by atoms with Gasteiger partial charge >= 0.3 is 17.6 Å². The number of hydrogen-bond acceptors (Lipinski definition) is 6. The summed E-state index contributed by atoms with van der Waals surface area (Å²) in [6.45, 7) is 20.4. The Balaban J connectivity index is 0. The first-order valence-corrected chi connectivity index (χ1v) is 21.2. The summed E-state index contributed by atoms with van der Waals surface area (Å²) in [4.78, 5) is 0. The minimum Gasteiger partial charge on any atom is -0.374 e. The molecule has 0 unspecified atom stereocenters. The van der Waals surface area contributed by atoms with Crippen LogP contribution >= 0.6 is 0 Å². The van der Waals surface area contributed by atoms with Gasteiger partial charge in [-0.3, -0.25) is 0 Å². The van der Waals surface area contributed by atoms with Crippen molar-refractivity contribution in [3.8, 4) is 0 Å². The smallest absolute Gasteiger partial charge is 0.374 e. The largest absolute Gasteiger partial charge is 0.500 e. The van der Waals surface area contributed by atoms with Gasteiger partial charge < -0.3 is 26.6 Å². The van der Waals surface area contributed by atoms with Crippen LogP contribution in [0, 0.1) is 0 Å². The van der Waals surface area contributed by atoms with Gasteiger partial charge in [0, 0.05) is 51.7 Å². The quantitative estimate of drug-likeness (QED) is 0.0597. The molecule has 0 amide bonds. The van der Waals surface area contributed by atoms with Crippen molar-refractivity contribution < 1.29 is 26.6 Å². The van der Waals surface area contributed by atoms with E-state index >= 15 is 0 Å². The second kappa shape index (κ2) is 32.1. The molecule has 0 aromatic heterocycles. The van der Waals surface area contributed by atoms with Gasteiger partial charge in [-0.2, -0.15) is 0 Å². The van der Waals surface area contributed by atoms with E-state index in [0.29, 0.717) is 39.6 Å². The van der Waals surface area contributed by atoms with E-state index in [4.69, 9.17) is 26.6 Å². The van der Waals surface area contributed by atoms with E-state index < -0.39 is 17.6 Å². The fourth-order valence-electron chi connectivity index (χ4n) is 4.98. The molecular formula is C32H72O6Si2. The monoisotopic (exact) mass is 608 g/mol. The van der Waals surface area contributed by atoms with Gasteiger partial charge in [-0.1, -0.05) is 110 Å². The third-order valence-electron chi connectivity index (χ3n) is 6.96. The molecule has 0 aromatic carbocycles. The molecule has 0 aliphatic heterocycles. The van der Waals surface area contributed by atoms with Crippen molar-refractivity contribution in [3.05, 3.63) is 0 Å². The molecular weight excluding hydrogens is 537 g/mol. The fraction of sp³-hybridized carbons (Fsp3) is 1.00. The Labute approximate surface area is 253 Å². The fourth-order valence-corrected chi connectivity index (χ4v) is 9.85. The molecule has 0 aromatic rings. The Kier molecular flexibility index (Phi) is 34.0. The molecule has 244 valence electrons. The summed E-state index contributed by atoms with van der Waals surface area (Å²) in [7, 11) is -4.67. The number of rotatable bonds is 30. The molecule has 0 aliphatic carbocycles. The summed E-state index contributed by atoms with van der Waals surface area (Å²) >= 11 is 0. The van der Waals surface area contributed by atoms with E-state index in [-0.39, 0.29) is 0 Å². The predicted octanol–water partition coefficient (Wildman–Crippen LogP) is 10.4. The lowest BCUT2D eigenvalue weighted by molar-refractivity contribution is 0.0703. The molecule has 0 spiro atoms. The highest BCUT2D eigenvalue weighted by atomic mass is 28.4. The summed E-state index contributed by atoms with van der Waals surface area (Å²) in [5.74, 6) is 0. The minimum atomic E-state index is -2.40. The van der Waals surface area contributed by atoms with Crippen LogP contribution in [0.25, 0.3) is 0 Å². The van der Waals surface area contributed by atoms with Crippen LogP contribution in [-0.4, -0.2) is 57.3 Å². The Morgan fingerprint density at radius 2 is 0.550 bits per heavy atom. The van der Waals surface area contributed by atoms with Crippen LogP contribution < -0.4 is 0 Å². The van der Waals surface area contributed by atoms with Crippen LogP contribution in [0.2, 0.25) is 12.1 Å². The van der Waals surface area contributed by atoms with Crippen molar-refractivity contribution in [1.82, 2.24) is 0 Å². The van der Waals surface area contributed by atoms with Crippen molar-refractivity contribution >= 4 is 17.6 Å². The van der Waals surface area contributed by atoms with Gasteiger partial charge in [-0.15, -0.1) is 0 Å². The van der Waals surface area contributed by atoms with E-state index in [1.165, 1.54) is 103 Å². The van der Waals surface area contributed by atoms with Crippen molar-refractivity contribution in [2.75, 3.05) is 39.6 Å². The summed E-state index contributed by atoms with van der Waals surface area (Å²) < 4.78 is 34.4. The maximum atomic E-state index is 5.93. The van der Waals surface area contributed by atoms with Gasteiger partial charge in [-0.05, 0) is 48.0 Å². The van der Waals surface area contributed by atoms with Crippen molar-refractivity contribution in [1.29, 1.82) is 0 Å². The Hall–Kier alpha value is 0.194. The van der Waals surface area contributed by atoms with E-state index in [1.54, 1.807) is 0 Å². The van der Waals surface area contributed by atoms with E-state index in [0.717, 1.165) is 12.1 Å². The van der Waals surface area contributed by atoms with Gasteiger partial charge in [0.2, 0.25) is 0 Å². The highest BCUT2D eigenvalue weighted by molar-refractivity contribution is 6.61. The molecule has 0 radical (unpaired) electrons. The van der Waals surface area contributed by atoms with Crippen LogP contribution in [0.3, 0.4) is 0 Å². The molecule has 0 aliphatic rings. The highest BCUT2D eigenvalue weighted by Gasteiger charge is 2.39. The zero-order chi connectivity index (χ0) is 30.2. The SMILES string of the molecule is CCCCCCCCCCCCCCCCCC[Si](OCC)(OCC)OCC.CCO[Si](CC)(OCC)OCC. The minimum absolute atomic E-state index is 0.667. The van der Waals surface area contributed by atoms with Gasteiger partial charge in [0.05, 0.1) is 0 Å². The van der Waals surface area contributed by atoms with E-state index in [1.807, 2.05) is 48.5 Å². The Morgan fingerprint density at radius 1 is 0.300 bits per heavy atom. The summed E-state index contributed by atoms with van der Waals surface area (Å²) in [5, 5.41) is 0. The van der Waals surface area contributed by atoms with Gasteiger partial charge in [-0.25, -0.2) is 0 Å². The van der Waals surface area contributed by atoms with E-state index in [2.05, 4.69) is 6.92 Å². The third kappa shape index (κ3) is 24.8. The maximum absolute atomic E-state index is 5.93. The van der Waals surface area contributed by atoms with Crippen LogP contribution in [0.4, 0.5) is 0 Å². The maximum Gasteiger partial charge on any atom is 0.500 e. The van der Waals surface area contributed by atoms with Crippen LogP contribution in [-0.2, 0) is 26.6 Å². The van der Waals surface area contributed by atoms with Gasteiger partial charge in [0.1, 0.15) is 0 Å². The molecule has 6 nitrogen and oxygen atoms in total. The van der Waals surface area contributed by atoms with Gasteiger partial charge in [0.15, 0.2) is 0 Å². The lowest BCUT2D eigenvalue weighted by atomic mass is 10.0. The van der Waals surface area contributed by atoms with Crippen LogP contribution in [0.15, 0.2) is 0 Å². The molecule has 0 fully saturated rings. The lowest BCUT2D eigenvalue weighted by Gasteiger charge is -2.28. The molecule has 0 atom stereocenters. The molecule has 0 bridgehead atoms. The van der Waals surface area contributed by atoms with Gasteiger partial charge in [0.25, 0.3) is 0 Å². The molecule has 8 heteroatoms. The standard InChI is InChI=1S/C24H52O3Si.C8H20O3Si/c1-5-9-10-11-12-13-14-15-16-17-18-19-20-21-22-23-24-28(25-6-2,26-7-3)27-8-4;1-5-9-12(8-4,10-6-2)11-7-3/h5-24H2,1-4H3;5-8H2,1-4H3. The van der Waals surface area contributed by atoms with Crippen LogP contribution in [0.1, 0.15) is 158 Å². The Bertz CT molecular complexity index is 450. The first-order valence-electron chi connectivity index (χ1n) is 17.3.